The molecule has 0 spiro atoms. The van der Waals surface area contributed by atoms with Crippen LogP contribution in [-0.2, 0) is 0 Å². The predicted molar refractivity (Wildman–Crippen MR) is 192 cm³/mol. The SMILES string of the molecule is c1ccc(-c2ccc(-c3cccc(-c4nc(-c5cccc6c5ccc5c7ccccc7sc65)c5ccccc5n4)c3)cc2)cc1. The van der Waals surface area contributed by atoms with Gasteiger partial charge < -0.3 is 0 Å². The molecular weight excluding hydrogens is 565 g/mol. The van der Waals surface area contributed by atoms with Crippen LogP contribution in [-0.4, -0.2) is 9.97 Å². The molecule has 2 nitrogen and oxygen atoms in total. The number of nitrogens with zero attached hydrogens (tertiary/aromatic N) is 2. The number of hydrogen-bond donors (Lipinski definition) is 0. The average Bonchev–Trinajstić information content (AvgIpc) is 3.51. The lowest BCUT2D eigenvalue weighted by Crippen LogP contribution is -1.96. The number of fused-ring (bicyclic) bond motifs is 6. The lowest BCUT2D eigenvalue weighted by molar-refractivity contribution is 1.23. The van der Waals surface area contributed by atoms with Gasteiger partial charge in [-0.3, -0.25) is 0 Å². The molecule has 9 rings (SSSR count). The van der Waals surface area contributed by atoms with Crippen molar-refractivity contribution in [3.8, 4) is 44.9 Å². The molecule has 3 heteroatoms. The van der Waals surface area contributed by atoms with Gasteiger partial charge in [-0.15, -0.1) is 11.3 Å². The quantitative estimate of drug-likeness (QED) is 0.204. The van der Waals surface area contributed by atoms with Crippen molar-refractivity contribution in [2.75, 3.05) is 0 Å². The molecule has 0 unspecified atom stereocenters. The summed E-state index contributed by atoms with van der Waals surface area (Å²) >= 11 is 1.86. The molecule has 0 atom stereocenters. The summed E-state index contributed by atoms with van der Waals surface area (Å²) in [5.41, 5.74) is 8.76. The molecule has 45 heavy (non-hydrogen) atoms. The second-order valence-electron chi connectivity index (χ2n) is 11.4. The topological polar surface area (TPSA) is 25.8 Å². The highest BCUT2D eigenvalue weighted by Gasteiger charge is 2.16. The highest BCUT2D eigenvalue weighted by atomic mass is 32.1. The summed E-state index contributed by atoms with van der Waals surface area (Å²) in [4.78, 5) is 10.4. The van der Waals surface area contributed by atoms with Gasteiger partial charge in [-0.2, -0.15) is 0 Å². The number of aromatic nitrogens is 2. The molecule has 0 radical (unpaired) electrons. The van der Waals surface area contributed by atoms with Crippen molar-refractivity contribution in [3.63, 3.8) is 0 Å². The molecule has 0 bridgehead atoms. The van der Waals surface area contributed by atoms with E-state index in [0.29, 0.717) is 0 Å². The summed E-state index contributed by atoms with van der Waals surface area (Å²) in [5.74, 6) is 0.728. The van der Waals surface area contributed by atoms with E-state index in [1.165, 1.54) is 47.6 Å². The Kier molecular flexibility index (Phi) is 6.03. The lowest BCUT2D eigenvalue weighted by atomic mass is 9.97. The Morgan fingerprint density at radius 3 is 1.84 bits per heavy atom. The number of thiophene rings is 1. The summed E-state index contributed by atoms with van der Waals surface area (Å²) in [6.07, 6.45) is 0. The van der Waals surface area contributed by atoms with E-state index >= 15 is 0 Å². The first kappa shape index (κ1) is 25.8. The molecule has 0 amide bonds. The Morgan fingerprint density at radius 2 is 0.978 bits per heavy atom. The third-order valence-electron chi connectivity index (χ3n) is 8.71. The van der Waals surface area contributed by atoms with Crippen molar-refractivity contribution < 1.29 is 0 Å². The molecule has 0 aliphatic rings. The van der Waals surface area contributed by atoms with E-state index < -0.39 is 0 Å². The fraction of sp³-hybridized carbons (Fsp3) is 0. The van der Waals surface area contributed by atoms with Gasteiger partial charge in [0.05, 0.1) is 11.2 Å². The first-order valence-corrected chi connectivity index (χ1v) is 16.0. The Balaban J connectivity index is 1.19. The van der Waals surface area contributed by atoms with E-state index in [1.807, 2.05) is 17.4 Å². The van der Waals surface area contributed by atoms with Crippen molar-refractivity contribution in [1.29, 1.82) is 0 Å². The van der Waals surface area contributed by atoms with E-state index in [0.717, 1.165) is 39.1 Å². The first-order valence-electron chi connectivity index (χ1n) is 15.2. The molecule has 210 valence electrons. The standard InChI is InChI=1S/C42H26N2S/c1-2-10-27(11-3-1)28-20-22-29(23-21-28)30-12-8-13-31(26-30)42-43-38-18-6-4-15-37(38)40(44-42)34-16-9-17-35-32(34)24-25-36-33-14-5-7-19-39(33)45-41(35)36/h1-26H. The van der Waals surface area contributed by atoms with Crippen LogP contribution in [0.15, 0.2) is 158 Å². The highest BCUT2D eigenvalue weighted by molar-refractivity contribution is 7.26. The average molecular weight is 591 g/mol. The Labute approximate surface area is 264 Å². The van der Waals surface area contributed by atoms with Gasteiger partial charge in [0.1, 0.15) is 0 Å². The van der Waals surface area contributed by atoms with Crippen LogP contribution in [0.5, 0.6) is 0 Å². The molecule has 0 N–H and O–H groups in total. The van der Waals surface area contributed by atoms with Crippen LogP contribution in [0.3, 0.4) is 0 Å². The van der Waals surface area contributed by atoms with Gasteiger partial charge in [0.25, 0.3) is 0 Å². The van der Waals surface area contributed by atoms with Gasteiger partial charge in [0.2, 0.25) is 0 Å². The van der Waals surface area contributed by atoms with E-state index in [-0.39, 0.29) is 0 Å². The van der Waals surface area contributed by atoms with Crippen LogP contribution < -0.4 is 0 Å². The number of para-hydroxylation sites is 1. The largest absolute Gasteiger partial charge is 0.228 e. The molecular formula is C42H26N2S. The molecule has 0 aliphatic heterocycles. The van der Waals surface area contributed by atoms with Crippen LogP contribution >= 0.6 is 11.3 Å². The van der Waals surface area contributed by atoms with Gasteiger partial charge >= 0.3 is 0 Å². The van der Waals surface area contributed by atoms with Crippen LogP contribution in [0.25, 0.3) is 86.7 Å². The van der Waals surface area contributed by atoms with Crippen molar-refractivity contribution in [2.24, 2.45) is 0 Å². The molecule has 0 aliphatic carbocycles. The summed E-state index contributed by atoms with van der Waals surface area (Å²) in [6, 6.07) is 56.0. The second kappa shape index (κ2) is 10.5. The summed E-state index contributed by atoms with van der Waals surface area (Å²) in [5, 5.41) is 6.14. The lowest BCUT2D eigenvalue weighted by Gasteiger charge is -2.13. The minimum Gasteiger partial charge on any atom is -0.228 e. The van der Waals surface area contributed by atoms with Gasteiger partial charge in [-0.05, 0) is 45.8 Å². The zero-order valence-corrected chi connectivity index (χ0v) is 25.1. The smallest absolute Gasteiger partial charge is 0.160 e. The van der Waals surface area contributed by atoms with Crippen molar-refractivity contribution in [3.05, 3.63) is 158 Å². The Morgan fingerprint density at radius 1 is 0.378 bits per heavy atom. The minimum atomic E-state index is 0.728. The van der Waals surface area contributed by atoms with Crippen molar-refractivity contribution >= 4 is 53.2 Å². The number of hydrogen-bond acceptors (Lipinski definition) is 3. The van der Waals surface area contributed by atoms with Gasteiger partial charge in [0.15, 0.2) is 5.82 Å². The molecule has 2 heterocycles. The van der Waals surface area contributed by atoms with Crippen molar-refractivity contribution in [1.82, 2.24) is 9.97 Å². The predicted octanol–water partition coefficient (Wildman–Crippen LogP) is 11.8. The van der Waals surface area contributed by atoms with E-state index in [4.69, 9.17) is 9.97 Å². The van der Waals surface area contributed by atoms with Crippen LogP contribution in [0, 0.1) is 0 Å². The van der Waals surface area contributed by atoms with Crippen LogP contribution in [0.4, 0.5) is 0 Å². The van der Waals surface area contributed by atoms with E-state index in [9.17, 15) is 0 Å². The molecule has 0 fully saturated rings. The number of benzene rings is 7. The van der Waals surface area contributed by atoms with E-state index in [2.05, 4.69) is 152 Å². The molecule has 7 aromatic carbocycles. The summed E-state index contributed by atoms with van der Waals surface area (Å²) in [6.45, 7) is 0. The highest BCUT2D eigenvalue weighted by Crippen LogP contribution is 2.42. The molecule has 0 saturated carbocycles. The molecule has 0 saturated heterocycles. The fourth-order valence-electron chi connectivity index (χ4n) is 6.48. The zero-order chi connectivity index (χ0) is 29.7. The van der Waals surface area contributed by atoms with Gasteiger partial charge in [-0.1, -0.05) is 140 Å². The third kappa shape index (κ3) is 4.40. The first-order chi connectivity index (χ1) is 22.3. The Hall–Kier alpha value is -5.64. The zero-order valence-electron chi connectivity index (χ0n) is 24.3. The maximum atomic E-state index is 5.30. The van der Waals surface area contributed by atoms with Gasteiger partial charge in [0, 0.05) is 42.1 Å². The number of rotatable bonds is 4. The van der Waals surface area contributed by atoms with Crippen LogP contribution in [0.1, 0.15) is 0 Å². The summed E-state index contributed by atoms with van der Waals surface area (Å²) in [7, 11) is 0. The Bertz CT molecular complexity index is 2530. The molecule has 9 aromatic rings. The minimum absolute atomic E-state index is 0.728. The second-order valence-corrected chi connectivity index (χ2v) is 12.4. The normalized spacial score (nSPS) is 11.6. The van der Waals surface area contributed by atoms with Gasteiger partial charge in [-0.25, -0.2) is 9.97 Å². The summed E-state index contributed by atoms with van der Waals surface area (Å²) < 4.78 is 2.63. The van der Waals surface area contributed by atoms with E-state index in [1.54, 1.807) is 0 Å². The van der Waals surface area contributed by atoms with Crippen molar-refractivity contribution in [2.45, 2.75) is 0 Å². The molecule has 2 aromatic heterocycles. The monoisotopic (exact) mass is 590 g/mol. The maximum Gasteiger partial charge on any atom is 0.160 e. The fourth-order valence-corrected chi connectivity index (χ4v) is 7.71. The maximum absolute atomic E-state index is 5.30. The third-order valence-corrected chi connectivity index (χ3v) is 9.93. The van der Waals surface area contributed by atoms with Crippen LogP contribution in [0.2, 0.25) is 0 Å².